The number of benzene rings is 1. The molecule has 0 aromatic heterocycles. The summed E-state index contributed by atoms with van der Waals surface area (Å²) in [5.41, 5.74) is 2.07. The third kappa shape index (κ3) is 4.01. The zero-order valence-electron chi connectivity index (χ0n) is 13.6. The van der Waals surface area contributed by atoms with E-state index in [4.69, 9.17) is 21.7 Å². The summed E-state index contributed by atoms with van der Waals surface area (Å²) in [6.07, 6.45) is 1.82. The van der Waals surface area contributed by atoms with Crippen molar-refractivity contribution in [3.05, 3.63) is 41.1 Å². The number of ether oxygens (including phenoxy) is 2. The number of carbonyl (C=O) groups is 1. The molecule has 0 bridgehead atoms. The minimum atomic E-state index is -0.394. The first-order chi connectivity index (χ1) is 11.1. The van der Waals surface area contributed by atoms with E-state index in [1.807, 2.05) is 31.2 Å². The topological polar surface area (TPSA) is 59.6 Å². The molecule has 1 aliphatic heterocycles. The maximum atomic E-state index is 12.5. The maximum absolute atomic E-state index is 12.5. The minimum absolute atomic E-state index is 0.339. The molecule has 6 heteroatoms. The van der Waals surface area contributed by atoms with Crippen LogP contribution >= 0.6 is 12.2 Å². The molecular weight excluding hydrogens is 312 g/mol. The van der Waals surface area contributed by atoms with Crippen molar-refractivity contribution < 1.29 is 14.3 Å². The minimum Gasteiger partial charge on any atom is -0.496 e. The Balaban J connectivity index is 2.36. The van der Waals surface area contributed by atoms with Crippen LogP contribution in [0.2, 0.25) is 0 Å². The number of allylic oxidation sites excluding steroid dienone is 1. The van der Waals surface area contributed by atoms with Crippen molar-refractivity contribution in [3.8, 4) is 5.75 Å². The van der Waals surface area contributed by atoms with Crippen LogP contribution in [0.5, 0.6) is 5.75 Å². The van der Waals surface area contributed by atoms with Crippen molar-refractivity contribution in [1.29, 1.82) is 0 Å². The summed E-state index contributed by atoms with van der Waals surface area (Å²) in [5, 5.41) is 6.61. The number of carbonyl (C=O) groups excluding carboxylic acids is 1. The quantitative estimate of drug-likeness (QED) is 0.474. The van der Waals surface area contributed by atoms with Crippen LogP contribution in [0.1, 0.15) is 38.3 Å². The molecule has 0 aliphatic carbocycles. The molecule has 2 rings (SSSR count). The average Bonchev–Trinajstić information content (AvgIpc) is 2.54. The summed E-state index contributed by atoms with van der Waals surface area (Å²) < 4.78 is 10.8. The maximum Gasteiger partial charge on any atom is 0.338 e. The highest BCUT2D eigenvalue weighted by atomic mass is 32.1. The normalized spacial score (nSPS) is 17.3. The van der Waals surface area contributed by atoms with Gasteiger partial charge in [-0.1, -0.05) is 31.5 Å². The Morgan fingerprint density at radius 2 is 2.09 bits per heavy atom. The van der Waals surface area contributed by atoms with E-state index in [2.05, 4.69) is 17.6 Å². The van der Waals surface area contributed by atoms with Crippen LogP contribution in [-0.4, -0.2) is 24.8 Å². The fraction of sp³-hybridized carbons (Fsp3) is 0.412. The number of esters is 1. The van der Waals surface area contributed by atoms with Gasteiger partial charge in [0.25, 0.3) is 0 Å². The molecule has 0 amide bonds. The van der Waals surface area contributed by atoms with Gasteiger partial charge in [0.05, 0.1) is 25.3 Å². The lowest BCUT2D eigenvalue weighted by Gasteiger charge is -2.30. The first-order valence-corrected chi connectivity index (χ1v) is 8.07. The number of hydrogen-bond acceptors (Lipinski definition) is 4. The fourth-order valence-electron chi connectivity index (χ4n) is 2.49. The van der Waals surface area contributed by atoms with E-state index in [1.54, 1.807) is 7.11 Å². The second-order valence-corrected chi connectivity index (χ2v) is 5.71. The second kappa shape index (κ2) is 7.97. The highest BCUT2D eigenvalue weighted by Crippen LogP contribution is 2.33. The number of methoxy groups -OCH3 is 1. The molecule has 1 aromatic carbocycles. The van der Waals surface area contributed by atoms with Crippen molar-refractivity contribution in [1.82, 2.24) is 10.6 Å². The highest BCUT2D eigenvalue weighted by molar-refractivity contribution is 7.80. The molecule has 0 radical (unpaired) electrons. The van der Waals surface area contributed by atoms with Gasteiger partial charge < -0.3 is 20.1 Å². The van der Waals surface area contributed by atoms with E-state index in [9.17, 15) is 4.79 Å². The smallest absolute Gasteiger partial charge is 0.338 e. The largest absolute Gasteiger partial charge is 0.496 e. The SMILES string of the molecule is CCCCOC(=O)C1=C(C)NC(=S)N[C@H]1c1ccccc1OC. The number of rotatable bonds is 6. The molecule has 5 nitrogen and oxygen atoms in total. The summed E-state index contributed by atoms with van der Waals surface area (Å²) in [7, 11) is 1.61. The highest BCUT2D eigenvalue weighted by Gasteiger charge is 2.32. The lowest BCUT2D eigenvalue weighted by Crippen LogP contribution is -2.45. The van der Waals surface area contributed by atoms with Crippen LogP contribution in [0.25, 0.3) is 0 Å². The van der Waals surface area contributed by atoms with Crippen LogP contribution in [0.4, 0.5) is 0 Å². The van der Waals surface area contributed by atoms with Gasteiger partial charge in [-0.3, -0.25) is 0 Å². The lowest BCUT2D eigenvalue weighted by molar-refractivity contribution is -0.139. The Morgan fingerprint density at radius 1 is 1.35 bits per heavy atom. The predicted molar refractivity (Wildman–Crippen MR) is 93.2 cm³/mol. The number of thiocarbonyl (C=S) groups is 1. The van der Waals surface area contributed by atoms with Crippen LogP contribution in [0.3, 0.4) is 0 Å². The number of hydrogen-bond donors (Lipinski definition) is 2. The number of nitrogens with one attached hydrogen (secondary N) is 2. The van der Waals surface area contributed by atoms with Gasteiger partial charge in [0.2, 0.25) is 0 Å². The van der Waals surface area contributed by atoms with Crippen LogP contribution in [-0.2, 0) is 9.53 Å². The van der Waals surface area contributed by atoms with Crippen molar-refractivity contribution in [2.75, 3.05) is 13.7 Å². The van der Waals surface area contributed by atoms with Gasteiger partial charge >= 0.3 is 5.97 Å². The van der Waals surface area contributed by atoms with Gasteiger partial charge in [-0.2, -0.15) is 0 Å². The Kier molecular flexibility index (Phi) is 5.98. The Hall–Kier alpha value is -2.08. The van der Waals surface area contributed by atoms with Gasteiger partial charge in [-0.25, -0.2) is 4.79 Å². The zero-order chi connectivity index (χ0) is 16.8. The molecule has 0 saturated heterocycles. The van der Waals surface area contributed by atoms with Gasteiger partial charge in [0.1, 0.15) is 5.75 Å². The zero-order valence-corrected chi connectivity index (χ0v) is 14.5. The molecule has 0 saturated carbocycles. The number of para-hydroxylation sites is 1. The molecule has 124 valence electrons. The van der Waals surface area contributed by atoms with Gasteiger partial charge in [0, 0.05) is 11.3 Å². The Bertz CT molecular complexity index is 628. The third-order valence-corrected chi connectivity index (χ3v) is 3.89. The number of unbranched alkanes of at least 4 members (excludes halogenated alkanes) is 1. The summed E-state index contributed by atoms with van der Waals surface area (Å²) in [6.45, 7) is 4.29. The third-order valence-electron chi connectivity index (χ3n) is 3.67. The molecular formula is C17H22N2O3S. The Morgan fingerprint density at radius 3 is 2.78 bits per heavy atom. The molecule has 0 spiro atoms. The summed E-state index contributed by atoms with van der Waals surface area (Å²) in [6, 6.07) is 7.17. The van der Waals surface area contributed by atoms with Crippen molar-refractivity contribution in [2.24, 2.45) is 0 Å². The average molecular weight is 334 g/mol. The van der Waals surface area contributed by atoms with E-state index in [0.29, 0.717) is 28.7 Å². The Labute approximate surface area is 142 Å². The first kappa shape index (κ1) is 17.3. The van der Waals surface area contributed by atoms with E-state index in [-0.39, 0.29) is 5.97 Å². The molecule has 1 aliphatic rings. The predicted octanol–water partition coefficient (Wildman–Crippen LogP) is 2.83. The van der Waals surface area contributed by atoms with Crippen LogP contribution in [0.15, 0.2) is 35.5 Å². The van der Waals surface area contributed by atoms with Crippen molar-refractivity contribution in [2.45, 2.75) is 32.7 Å². The summed E-state index contributed by atoms with van der Waals surface area (Å²) in [4.78, 5) is 12.5. The van der Waals surface area contributed by atoms with Crippen molar-refractivity contribution in [3.63, 3.8) is 0 Å². The van der Waals surface area contributed by atoms with Gasteiger partial charge in [0.15, 0.2) is 5.11 Å². The summed E-state index contributed by atoms with van der Waals surface area (Å²) >= 11 is 5.24. The monoisotopic (exact) mass is 334 g/mol. The van der Waals surface area contributed by atoms with Gasteiger partial charge in [-0.05, 0) is 31.6 Å². The summed E-state index contributed by atoms with van der Waals surface area (Å²) in [5.74, 6) is 0.357. The van der Waals surface area contributed by atoms with E-state index in [1.165, 1.54) is 0 Å². The van der Waals surface area contributed by atoms with E-state index in [0.717, 1.165) is 18.4 Å². The van der Waals surface area contributed by atoms with E-state index >= 15 is 0 Å². The van der Waals surface area contributed by atoms with Crippen LogP contribution < -0.4 is 15.4 Å². The lowest BCUT2D eigenvalue weighted by atomic mass is 9.95. The standard InChI is InChI=1S/C17H22N2O3S/c1-4-5-10-22-16(20)14-11(2)18-17(23)19-15(14)12-8-6-7-9-13(12)21-3/h6-9,15H,4-5,10H2,1-3H3,(H2,18,19,23)/t15-/m0/s1. The van der Waals surface area contributed by atoms with E-state index < -0.39 is 6.04 Å². The van der Waals surface area contributed by atoms with Crippen LogP contribution in [0, 0.1) is 0 Å². The fourth-order valence-corrected chi connectivity index (χ4v) is 2.76. The molecule has 23 heavy (non-hydrogen) atoms. The molecule has 2 N–H and O–H groups in total. The molecule has 1 atom stereocenters. The second-order valence-electron chi connectivity index (χ2n) is 5.30. The molecule has 1 aromatic rings. The van der Waals surface area contributed by atoms with Gasteiger partial charge in [-0.15, -0.1) is 0 Å². The first-order valence-electron chi connectivity index (χ1n) is 7.66. The molecule has 1 heterocycles. The van der Waals surface area contributed by atoms with Crippen molar-refractivity contribution >= 4 is 23.3 Å². The molecule has 0 unspecified atom stereocenters. The molecule has 0 fully saturated rings.